The monoisotopic (exact) mass is 423 g/mol. The second-order valence-electron chi connectivity index (χ2n) is 9.11. The van der Waals surface area contributed by atoms with Crippen molar-refractivity contribution in [1.29, 1.82) is 0 Å². The molecule has 166 valence electrons. The van der Waals surface area contributed by atoms with Crippen LogP contribution in [0.15, 0.2) is 24.3 Å². The van der Waals surface area contributed by atoms with Gasteiger partial charge in [0.05, 0.1) is 17.9 Å². The number of amides is 1. The van der Waals surface area contributed by atoms with Gasteiger partial charge in [-0.3, -0.25) is 9.48 Å². The molecule has 6 nitrogen and oxygen atoms in total. The van der Waals surface area contributed by atoms with Gasteiger partial charge in [0.25, 0.3) is 5.91 Å². The number of fused-ring (bicyclic) bond motifs is 1. The van der Waals surface area contributed by atoms with Crippen LogP contribution >= 0.6 is 0 Å². The van der Waals surface area contributed by atoms with Gasteiger partial charge < -0.3 is 9.64 Å². The van der Waals surface area contributed by atoms with E-state index in [1.54, 1.807) is 0 Å². The van der Waals surface area contributed by atoms with Gasteiger partial charge in [0.15, 0.2) is 6.61 Å². The van der Waals surface area contributed by atoms with Crippen molar-refractivity contribution in [3.05, 3.63) is 52.3 Å². The summed E-state index contributed by atoms with van der Waals surface area (Å²) in [4.78, 5) is 27.7. The van der Waals surface area contributed by atoms with Gasteiger partial charge in [0.1, 0.15) is 5.56 Å². The molecule has 2 fully saturated rings. The highest BCUT2D eigenvalue weighted by molar-refractivity contribution is 5.93. The third kappa shape index (κ3) is 4.68. The number of rotatable bonds is 5. The molecular formula is C25H33N3O3. The molecule has 0 bridgehead atoms. The summed E-state index contributed by atoms with van der Waals surface area (Å²) in [5.74, 6) is 0.0923. The summed E-state index contributed by atoms with van der Waals surface area (Å²) < 4.78 is 7.31. The number of nitrogens with zero attached hydrogens (tertiary/aromatic N) is 3. The van der Waals surface area contributed by atoms with Crippen LogP contribution in [-0.4, -0.2) is 45.8 Å². The molecule has 1 aliphatic carbocycles. The third-order valence-corrected chi connectivity index (χ3v) is 6.93. The van der Waals surface area contributed by atoms with Crippen LogP contribution in [0, 0.1) is 26.7 Å². The van der Waals surface area contributed by atoms with Crippen LogP contribution in [0.2, 0.25) is 0 Å². The Balaban J connectivity index is 1.40. The van der Waals surface area contributed by atoms with Crippen LogP contribution < -0.4 is 0 Å². The van der Waals surface area contributed by atoms with Crippen molar-refractivity contribution < 1.29 is 14.3 Å². The molecule has 0 spiro atoms. The minimum Gasteiger partial charge on any atom is -0.452 e. The first-order chi connectivity index (χ1) is 14.9. The van der Waals surface area contributed by atoms with E-state index in [-0.39, 0.29) is 12.5 Å². The molecule has 1 saturated carbocycles. The van der Waals surface area contributed by atoms with E-state index in [1.807, 2.05) is 23.4 Å². The fraction of sp³-hybridized carbons (Fsp3) is 0.560. The van der Waals surface area contributed by atoms with Crippen LogP contribution in [0.4, 0.5) is 0 Å². The first-order valence-corrected chi connectivity index (χ1v) is 11.5. The Morgan fingerprint density at radius 2 is 1.74 bits per heavy atom. The summed E-state index contributed by atoms with van der Waals surface area (Å²) >= 11 is 0. The van der Waals surface area contributed by atoms with E-state index in [4.69, 9.17) is 4.74 Å². The predicted octanol–water partition coefficient (Wildman–Crippen LogP) is 4.19. The average Bonchev–Trinajstić information content (AvgIpc) is 3.05. The van der Waals surface area contributed by atoms with Crippen LogP contribution in [0.3, 0.4) is 0 Å². The van der Waals surface area contributed by atoms with Crippen molar-refractivity contribution in [2.45, 2.75) is 71.9 Å². The van der Waals surface area contributed by atoms with Gasteiger partial charge in [-0.2, -0.15) is 5.10 Å². The van der Waals surface area contributed by atoms with Gasteiger partial charge in [-0.25, -0.2) is 4.79 Å². The largest absolute Gasteiger partial charge is 0.452 e. The van der Waals surface area contributed by atoms with Gasteiger partial charge in [0, 0.05) is 12.6 Å². The summed E-state index contributed by atoms with van der Waals surface area (Å²) in [7, 11) is 0. The highest BCUT2D eigenvalue weighted by Crippen LogP contribution is 2.35. The maximum atomic E-state index is 12.9. The number of esters is 1. The zero-order valence-electron chi connectivity index (χ0n) is 18.9. The fourth-order valence-electron chi connectivity index (χ4n) is 5.23. The molecular weight excluding hydrogens is 390 g/mol. The Morgan fingerprint density at radius 3 is 2.52 bits per heavy atom. The van der Waals surface area contributed by atoms with Crippen LogP contribution in [0.25, 0.3) is 0 Å². The second-order valence-corrected chi connectivity index (χ2v) is 9.11. The van der Waals surface area contributed by atoms with Crippen LogP contribution in [0.5, 0.6) is 0 Å². The third-order valence-electron chi connectivity index (χ3n) is 6.93. The number of benzene rings is 1. The zero-order valence-corrected chi connectivity index (χ0v) is 18.9. The topological polar surface area (TPSA) is 64.4 Å². The number of piperidine rings is 1. The molecule has 0 radical (unpaired) electrons. The molecule has 1 aromatic heterocycles. The van der Waals surface area contributed by atoms with Gasteiger partial charge in [-0.1, -0.05) is 42.7 Å². The quantitative estimate of drug-likeness (QED) is 0.677. The molecule has 0 N–H and O–H groups in total. The molecule has 1 amide bonds. The lowest BCUT2D eigenvalue weighted by atomic mass is 9.78. The van der Waals surface area contributed by atoms with E-state index in [9.17, 15) is 9.59 Å². The number of aryl methyl sites for hydroxylation is 2. The van der Waals surface area contributed by atoms with Crippen molar-refractivity contribution in [2.75, 3.05) is 13.2 Å². The van der Waals surface area contributed by atoms with Crippen molar-refractivity contribution in [2.24, 2.45) is 5.92 Å². The van der Waals surface area contributed by atoms with Crippen molar-refractivity contribution in [1.82, 2.24) is 14.7 Å². The van der Waals surface area contributed by atoms with Gasteiger partial charge >= 0.3 is 5.97 Å². The lowest BCUT2D eigenvalue weighted by Gasteiger charge is -2.44. The highest BCUT2D eigenvalue weighted by atomic mass is 16.5. The molecule has 2 aromatic rings. The standard InChI is InChI=1S/C25H33N3O3/c1-17-10-12-20(13-11-17)15-28-19(3)24(18(2)26-28)25(30)31-16-23(29)27-14-6-8-21-7-4-5-9-22(21)27/h10-13,21-22H,4-9,14-16H2,1-3H3/t21-,22+/m0/s1. The molecule has 2 aliphatic rings. The molecule has 6 heteroatoms. The SMILES string of the molecule is Cc1ccc(Cn2nc(C)c(C(=O)OCC(=O)N3CCC[C@@H]4CCCC[C@H]43)c2C)cc1. The Kier molecular flexibility index (Phi) is 6.44. The van der Waals surface area contributed by atoms with E-state index < -0.39 is 5.97 Å². The summed E-state index contributed by atoms with van der Waals surface area (Å²) in [6.45, 7) is 6.93. The first-order valence-electron chi connectivity index (χ1n) is 11.5. The average molecular weight is 424 g/mol. The number of likely N-dealkylation sites (tertiary alicyclic amines) is 1. The normalized spacial score (nSPS) is 20.9. The van der Waals surface area contributed by atoms with E-state index in [0.717, 1.165) is 30.6 Å². The summed E-state index contributed by atoms with van der Waals surface area (Å²) in [5, 5.41) is 4.54. The molecule has 1 aliphatic heterocycles. The van der Waals surface area contributed by atoms with Crippen molar-refractivity contribution in [3.8, 4) is 0 Å². The first kappa shape index (κ1) is 21.6. The smallest absolute Gasteiger partial charge is 0.342 e. The molecule has 1 saturated heterocycles. The lowest BCUT2D eigenvalue weighted by molar-refractivity contribution is -0.140. The minimum atomic E-state index is -0.462. The maximum Gasteiger partial charge on any atom is 0.342 e. The van der Waals surface area contributed by atoms with Gasteiger partial charge in [-0.15, -0.1) is 0 Å². The lowest BCUT2D eigenvalue weighted by Crippen LogP contribution is -2.50. The Bertz CT molecular complexity index is 946. The Morgan fingerprint density at radius 1 is 1.03 bits per heavy atom. The van der Waals surface area contributed by atoms with E-state index in [0.29, 0.717) is 29.8 Å². The molecule has 2 heterocycles. The maximum absolute atomic E-state index is 12.9. The number of ether oxygens (including phenoxy) is 1. The van der Waals surface area contributed by atoms with E-state index >= 15 is 0 Å². The summed E-state index contributed by atoms with van der Waals surface area (Å²) in [6.07, 6.45) is 7.01. The Hall–Kier alpha value is -2.63. The van der Waals surface area contributed by atoms with Gasteiger partial charge in [0.2, 0.25) is 0 Å². The number of hydrogen-bond donors (Lipinski definition) is 0. The molecule has 0 unspecified atom stereocenters. The van der Waals surface area contributed by atoms with Gasteiger partial charge in [-0.05, 0) is 57.9 Å². The van der Waals surface area contributed by atoms with E-state index in [2.05, 4.69) is 36.3 Å². The summed E-state index contributed by atoms with van der Waals surface area (Å²) in [6, 6.07) is 8.60. The van der Waals surface area contributed by atoms with Crippen molar-refractivity contribution in [3.63, 3.8) is 0 Å². The number of carbonyl (C=O) groups is 2. The number of carbonyl (C=O) groups excluding carboxylic acids is 2. The molecule has 31 heavy (non-hydrogen) atoms. The second kappa shape index (κ2) is 9.25. The predicted molar refractivity (Wildman–Crippen MR) is 119 cm³/mol. The fourth-order valence-corrected chi connectivity index (χ4v) is 5.23. The molecule has 1 aromatic carbocycles. The number of hydrogen-bond acceptors (Lipinski definition) is 4. The molecule has 4 rings (SSSR count). The van der Waals surface area contributed by atoms with E-state index in [1.165, 1.54) is 31.2 Å². The zero-order chi connectivity index (χ0) is 22.0. The van der Waals surface area contributed by atoms with Crippen LogP contribution in [0.1, 0.15) is 71.4 Å². The van der Waals surface area contributed by atoms with Crippen LogP contribution in [-0.2, 0) is 16.1 Å². The van der Waals surface area contributed by atoms with Crippen molar-refractivity contribution >= 4 is 11.9 Å². The summed E-state index contributed by atoms with van der Waals surface area (Å²) in [5.41, 5.74) is 4.19. The molecule has 2 atom stereocenters. The highest BCUT2D eigenvalue weighted by Gasteiger charge is 2.36. The Labute approximate surface area is 184 Å². The minimum absolute atomic E-state index is 0.0627. The number of aromatic nitrogens is 2.